The molecule has 1 aliphatic rings. The predicted octanol–water partition coefficient (Wildman–Crippen LogP) is 2.44. The van der Waals surface area contributed by atoms with Gasteiger partial charge in [0, 0.05) is 29.6 Å². The maximum atomic E-state index is 10.4. The number of nitrogens with one attached hydrogen (secondary N) is 1. The largest absolute Gasteiger partial charge is 0.496 e. The van der Waals surface area contributed by atoms with Crippen LogP contribution in [0.15, 0.2) is 12.1 Å². The van der Waals surface area contributed by atoms with Crippen molar-refractivity contribution in [2.24, 2.45) is 0 Å². The Morgan fingerprint density at radius 1 is 1.45 bits per heavy atom. The van der Waals surface area contributed by atoms with E-state index in [0.29, 0.717) is 6.54 Å². The van der Waals surface area contributed by atoms with Gasteiger partial charge in [-0.05, 0) is 39.8 Å². The quantitative estimate of drug-likeness (QED) is 0.889. The van der Waals surface area contributed by atoms with E-state index >= 15 is 0 Å². The van der Waals surface area contributed by atoms with E-state index in [1.54, 1.807) is 7.11 Å². The molecule has 1 aliphatic heterocycles. The third-order valence-corrected chi connectivity index (χ3v) is 3.43. The van der Waals surface area contributed by atoms with Crippen molar-refractivity contribution in [3.05, 3.63) is 23.3 Å². The van der Waals surface area contributed by atoms with E-state index in [4.69, 9.17) is 9.47 Å². The zero-order chi connectivity index (χ0) is 14.9. The molecular formula is C16H25NO3. The summed E-state index contributed by atoms with van der Waals surface area (Å²) in [6.45, 7) is 8.75. The number of hydrogen-bond donors (Lipinski definition) is 2. The number of rotatable bonds is 4. The van der Waals surface area contributed by atoms with Crippen molar-refractivity contribution < 1.29 is 14.6 Å². The first kappa shape index (κ1) is 15.1. The van der Waals surface area contributed by atoms with Crippen molar-refractivity contribution in [3.63, 3.8) is 0 Å². The summed E-state index contributed by atoms with van der Waals surface area (Å²) in [6.07, 6.45) is 0.464. The van der Waals surface area contributed by atoms with E-state index in [1.807, 2.05) is 19.1 Å². The Labute approximate surface area is 121 Å². The monoisotopic (exact) mass is 279 g/mol. The van der Waals surface area contributed by atoms with Gasteiger partial charge < -0.3 is 19.9 Å². The van der Waals surface area contributed by atoms with E-state index in [1.165, 1.54) is 0 Å². The lowest BCUT2D eigenvalue weighted by Crippen LogP contribution is -2.38. The zero-order valence-electron chi connectivity index (χ0n) is 13.0. The highest BCUT2D eigenvalue weighted by Gasteiger charge is 2.24. The topological polar surface area (TPSA) is 50.7 Å². The first-order valence-corrected chi connectivity index (χ1v) is 7.10. The number of β-amino-alcohol motifs (C(OH)–C–C–N with tert-alkyl or cyclic N) is 1. The number of ether oxygens (including phenoxy) is 2. The fraction of sp³-hybridized carbons (Fsp3) is 0.625. The molecule has 4 nitrogen and oxygen atoms in total. The Morgan fingerprint density at radius 2 is 2.15 bits per heavy atom. The maximum Gasteiger partial charge on any atom is 0.125 e. The number of fused-ring (bicyclic) bond motifs is 1. The van der Waals surface area contributed by atoms with Crippen molar-refractivity contribution in [2.45, 2.75) is 51.9 Å². The minimum atomic E-state index is -0.617. The van der Waals surface area contributed by atoms with Gasteiger partial charge in [0.1, 0.15) is 17.6 Å². The lowest BCUT2D eigenvalue weighted by Gasteiger charge is -2.24. The molecule has 0 aliphatic carbocycles. The minimum absolute atomic E-state index is 0.0318. The molecule has 112 valence electrons. The van der Waals surface area contributed by atoms with Crippen LogP contribution in [0.25, 0.3) is 0 Å². The number of benzene rings is 1. The molecule has 2 unspecified atom stereocenters. The first-order valence-electron chi connectivity index (χ1n) is 7.10. The number of aliphatic hydroxyl groups is 1. The fourth-order valence-corrected chi connectivity index (χ4v) is 2.41. The van der Waals surface area contributed by atoms with Gasteiger partial charge in [0.15, 0.2) is 0 Å². The molecule has 0 aromatic heterocycles. The zero-order valence-corrected chi connectivity index (χ0v) is 13.0. The second-order valence-electron chi connectivity index (χ2n) is 6.48. The van der Waals surface area contributed by atoms with Gasteiger partial charge in [-0.15, -0.1) is 0 Å². The number of methoxy groups -OCH3 is 1. The summed E-state index contributed by atoms with van der Waals surface area (Å²) in [6, 6.07) is 3.89. The second kappa shape index (κ2) is 5.62. The van der Waals surface area contributed by atoms with Gasteiger partial charge in [-0.1, -0.05) is 0 Å². The molecule has 4 heteroatoms. The molecule has 2 N–H and O–H groups in total. The number of hydrogen-bond acceptors (Lipinski definition) is 4. The SMILES string of the molecule is COc1cc2c(cc1C(O)CNC(C)(C)C)OC(C)C2. The van der Waals surface area contributed by atoms with Crippen LogP contribution in [0.2, 0.25) is 0 Å². The lowest BCUT2D eigenvalue weighted by molar-refractivity contribution is 0.159. The summed E-state index contributed by atoms with van der Waals surface area (Å²) in [7, 11) is 1.63. The van der Waals surface area contributed by atoms with Crippen molar-refractivity contribution in [3.8, 4) is 11.5 Å². The van der Waals surface area contributed by atoms with Gasteiger partial charge in [-0.25, -0.2) is 0 Å². The molecule has 0 radical (unpaired) electrons. The van der Waals surface area contributed by atoms with Crippen molar-refractivity contribution in [1.82, 2.24) is 5.32 Å². The molecule has 0 spiro atoms. The van der Waals surface area contributed by atoms with E-state index in [2.05, 4.69) is 26.1 Å². The van der Waals surface area contributed by atoms with Crippen LogP contribution in [0.5, 0.6) is 11.5 Å². The summed E-state index contributed by atoms with van der Waals surface area (Å²) < 4.78 is 11.2. The molecule has 1 aromatic rings. The highest BCUT2D eigenvalue weighted by Crippen LogP contribution is 2.37. The Balaban J connectivity index is 2.20. The number of aliphatic hydroxyl groups excluding tert-OH is 1. The van der Waals surface area contributed by atoms with Crippen LogP contribution in [0.1, 0.15) is 44.9 Å². The molecule has 0 saturated carbocycles. The molecule has 1 aromatic carbocycles. The van der Waals surface area contributed by atoms with E-state index < -0.39 is 6.10 Å². The smallest absolute Gasteiger partial charge is 0.125 e. The Kier molecular flexibility index (Phi) is 4.25. The van der Waals surface area contributed by atoms with Crippen molar-refractivity contribution in [2.75, 3.05) is 13.7 Å². The van der Waals surface area contributed by atoms with Gasteiger partial charge in [0.05, 0.1) is 13.2 Å². The maximum absolute atomic E-state index is 10.4. The van der Waals surface area contributed by atoms with Crippen LogP contribution in [-0.2, 0) is 6.42 Å². The summed E-state index contributed by atoms with van der Waals surface area (Å²) in [4.78, 5) is 0. The first-order chi connectivity index (χ1) is 9.30. The van der Waals surface area contributed by atoms with Gasteiger partial charge in [0.25, 0.3) is 0 Å². The molecule has 1 heterocycles. The van der Waals surface area contributed by atoms with Crippen LogP contribution >= 0.6 is 0 Å². The predicted molar refractivity (Wildman–Crippen MR) is 79.5 cm³/mol. The summed E-state index contributed by atoms with van der Waals surface area (Å²) >= 11 is 0. The molecule has 0 saturated heterocycles. The Bertz CT molecular complexity index is 479. The van der Waals surface area contributed by atoms with E-state index in [-0.39, 0.29) is 11.6 Å². The lowest BCUT2D eigenvalue weighted by atomic mass is 10.0. The highest BCUT2D eigenvalue weighted by atomic mass is 16.5. The molecule has 0 bridgehead atoms. The second-order valence-corrected chi connectivity index (χ2v) is 6.48. The average molecular weight is 279 g/mol. The van der Waals surface area contributed by atoms with Gasteiger partial charge in [0.2, 0.25) is 0 Å². The third-order valence-electron chi connectivity index (χ3n) is 3.43. The summed E-state index contributed by atoms with van der Waals surface area (Å²) in [5, 5.41) is 13.7. The minimum Gasteiger partial charge on any atom is -0.496 e. The molecular weight excluding hydrogens is 254 g/mol. The normalized spacial score (nSPS) is 19.4. The van der Waals surface area contributed by atoms with Crippen LogP contribution < -0.4 is 14.8 Å². The molecule has 2 atom stereocenters. The summed E-state index contributed by atoms with van der Waals surface area (Å²) in [5.74, 6) is 1.59. The molecule has 0 amide bonds. The third kappa shape index (κ3) is 3.44. The van der Waals surface area contributed by atoms with Crippen LogP contribution in [-0.4, -0.2) is 30.4 Å². The highest BCUT2D eigenvalue weighted by molar-refractivity contribution is 5.49. The van der Waals surface area contributed by atoms with Crippen LogP contribution in [0.4, 0.5) is 0 Å². The molecule has 2 rings (SSSR count). The van der Waals surface area contributed by atoms with Crippen LogP contribution in [0, 0.1) is 0 Å². The van der Waals surface area contributed by atoms with Crippen molar-refractivity contribution >= 4 is 0 Å². The van der Waals surface area contributed by atoms with E-state index in [0.717, 1.165) is 29.0 Å². The average Bonchev–Trinajstić information content (AvgIpc) is 2.72. The Morgan fingerprint density at radius 3 is 2.75 bits per heavy atom. The van der Waals surface area contributed by atoms with Crippen LogP contribution in [0.3, 0.4) is 0 Å². The standard InChI is InChI=1S/C16H25NO3/c1-10-6-11-7-15(19-5)12(8-14(11)20-10)13(18)9-17-16(2,3)4/h7-8,10,13,17-18H,6,9H2,1-5H3. The van der Waals surface area contributed by atoms with E-state index in [9.17, 15) is 5.11 Å². The van der Waals surface area contributed by atoms with Gasteiger partial charge in [-0.3, -0.25) is 0 Å². The van der Waals surface area contributed by atoms with Gasteiger partial charge in [-0.2, -0.15) is 0 Å². The molecule has 20 heavy (non-hydrogen) atoms. The summed E-state index contributed by atoms with van der Waals surface area (Å²) in [5.41, 5.74) is 1.89. The van der Waals surface area contributed by atoms with Gasteiger partial charge >= 0.3 is 0 Å². The fourth-order valence-electron chi connectivity index (χ4n) is 2.41. The van der Waals surface area contributed by atoms with Crippen molar-refractivity contribution in [1.29, 1.82) is 0 Å². The molecule has 0 fully saturated rings. The Hall–Kier alpha value is -1.26.